The molecule has 29 heavy (non-hydrogen) atoms. The van der Waals surface area contributed by atoms with Crippen molar-refractivity contribution >= 4 is 11.8 Å². The molecule has 2 atom stereocenters. The van der Waals surface area contributed by atoms with E-state index in [-0.39, 0.29) is 29.6 Å². The van der Waals surface area contributed by atoms with Gasteiger partial charge in [-0.15, -0.1) is 0 Å². The standard InChI is InChI=1S/C22H24FN3O3/c23-18-3-1-2-15(12-18)20-7-5-17(14-24-20)21(27)25-19-6-4-16(13-19)22(28)26-8-10-29-11-9-26/h1-3,5,7,12,14,16,19H,4,6,8-11,13H2,(H,25,27)/t16-,19+/m0/s1. The van der Waals surface area contributed by atoms with Crippen LogP contribution in [0.1, 0.15) is 29.6 Å². The molecule has 2 aromatic rings. The number of rotatable bonds is 4. The summed E-state index contributed by atoms with van der Waals surface area (Å²) in [7, 11) is 0. The maximum atomic E-state index is 13.4. The molecular weight excluding hydrogens is 373 g/mol. The van der Waals surface area contributed by atoms with Crippen LogP contribution in [-0.4, -0.2) is 54.0 Å². The van der Waals surface area contributed by atoms with E-state index in [1.54, 1.807) is 24.3 Å². The lowest BCUT2D eigenvalue weighted by molar-refractivity contribution is -0.139. The van der Waals surface area contributed by atoms with Gasteiger partial charge < -0.3 is 15.0 Å². The minimum atomic E-state index is -0.325. The van der Waals surface area contributed by atoms with Gasteiger partial charge in [-0.05, 0) is 43.5 Å². The monoisotopic (exact) mass is 397 g/mol. The summed E-state index contributed by atoms with van der Waals surface area (Å²) in [5.41, 5.74) is 1.73. The zero-order valence-electron chi connectivity index (χ0n) is 16.1. The van der Waals surface area contributed by atoms with Crippen molar-refractivity contribution in [1.29, 1.82) is 0 Å². The molecule has 2 amide bonds. The van der Waals surface area contributed by atoms with Crippen LogP contribution in [0.5, 0.6) is 0 Å². The number of amides is 2. The van der Waals surface area contributed by atoms with Gasteiger partial charge in [-0.2, -0.15) is 0 Å². The van der Waals surface area contributed by atoms with E-state index in [0.29, 0.717) is 49.5 Å². The molecule has 1 saturated carbocycles. The van der Waals surface area contributed by atoms with E-state index in [0.717, 1.165) is 12.8 Å². The molecule has 7 heteroatoms. The van der Waals surface area contributed by atoms with Gasteiger partial charge >= 0.3 is 0 Å². The molecule has 1 saturated heterocycles. The van der Waals surface area contributed by atoms with E-state index < -0.39 is 0 Å². The number of aromatic nitrogens is 1. The Bertz CT molecular complexity index is 881. The van der Waals surface area contributed by atoms with E-state index in [9.17, 15) is 14.0 Å². The Morgan fingerprint density at radius 3 is 2.69 bits per heavy atom. The van der Waals surface area contributed by atoms with Crippen molar-refractivity contribution in [2.24, 2.45) is 5.92 Å². The molecule has 152 valence electrons. The molecule has 4 rings (SSSR count). The van der Waals surface area contributed by atoms with Crippen molar-refractivity contribution < 1.29 is 18.7 Å². The molecular formula is C22H24FN3O3. The lowest BCUT2D eigenvalue weighted by atomic mass is 10.1. The number of pyridine rings is 1. The Balaban J connectivity index is 1.33. The highest BCUT2D eigenvalue weighted by Gasteiger charge is 2.33. The second kappa shape index (κ2) is 8.69. The third-order valence-electron chi connectivity index (χ3n) is 5.59. The zero-order chi connectivity index (χ0) is 20.2. The summed E-state index contributed by atoms with van der Waals surface area (Å²) in [6.45, 7) is 2.49. The second-order valence-corrected chi connectivity index (χ2v) is 7.56. The fourth-order valence-electron chi connectivity index (χ4n) is 3.99. The van der Waals surface area contributed by atoms with Gasteiger partial charge in [-0.1, -0.05) is 12.1 Å². The average Bonchev–Trinajstić information content (AvgIpc) is 3.22. The Morgan fingerprint density at radius 1 is 1.14 bits per heavy atom. The van der Waals surface area contributed by atoms with Crippen LogP contribution < -0.4 is 5.32 Å². The molecule has 2 fully saturated rings. The number of carbonyl (C=O) groups excluding carboxylic acids is 2. The second-order valence-electron chi connectivity index (χ2n) is 7.56. The first kappa shape index (κ1) is 19.5. The Morgan fingerprint density at radius 2 is 1.97 bits per heavy atom. The van der Waals surface area contributed by atoms with Crippen molar-refractivity contribution in [2.45, 2.75) is 25.3 Å². The molecule has 2 heterocycles. The summed E-state index contributed by atoms with van der Waals surface area (Å²) in [6, 6.07) is 9.57. The van der Waals surface area contributed by atoms with Crippen LogP contribution >= 0.6 is 0 Å². The number of nitrogens with zero attached hydrogens (tertiary/aromatic N) is 2. The van der Waals surface area contributed by atoms with Gasteiger partial charge in [0.05, 0.1) is 24.5 Å². The van der Waals surface area contributed by atoms with Crippen molar-refractivity contribution in [2.75, 3.05) is 26.3 Å². The summed E-state index contributed by atoms with van der Waals surface area (Å²) in [5, 5.41) is 3.02. The summed E-state index contributed by atoms with van der Waals surface area (Å²) in [5.74, 6) is -0.390. The Kier molecular flexibility index (Phi) is 5.85. The molecule has 2 aliphatic rings. The van der Waals surface area contributed by atoms with Gasteiger partial charge in [-0.3, -0.25) is 14.6 Å². The van der Waals surface area contributed by atoms with Crippen LogP contribution in [0.15, 0.2) is 42.6 Å². The SMILES string of the molecule is O=C(N[C@@H]1CC[C@H](C(=O)N2CCOCC2)C1)c1ccc(-c2cccc(F)c2)nc1. The molecule has 0 radical (unpaired) electrons. The summed E-state index contributed by atoms with van der Waals surface area (Å²) in [6.07, 6.45) is 3.75. The van der Waals surface area contributed by atoms with Crippen LogP contribution in [-0.2, 0) is 9.53 Å². The molecule has 0 spiro atoms. The van der Waals surface area contributed by atoms with Crippen molar-refractivity contribution in [3.63, 3.8) is 0 Å². The normalized spacial score (nSPS) is 21.8. The molecule has 1 aliphatic carbocycles. The highest BCUT2D eigenvalue weighted by Crippen LogP contribution is 2.28. The number of morpholine rings is 1. The van der Waals surface area contributed by atoms with Gasteiger partial charge in [-0.25, -0.2) is 4.39 Å². The van der Waals surface area contributed by atoms with E-state index in [1.165, 1.54) is 18.3 Å². The van der Waals surface area contributed by atoms with Gasteiger partial charge in [0.25, 0.3) is 5.91 Å². The number of nitrogens with one attached hydrogen (secondary N) is 1. The number of hydrogen-bond donors (Lipinski definition) is 1. The number of benzene rings is 1. The largest absolute Gasteiger partial charge is 0.378 e. The summed E-state index contributed by atoms with van der Waals surface area (Å²) in [4.78, 5) is 31.3. The predicted octanol–water partition coefficient (Wildman–Crippen LogP) is 2.65. The molecule has 1 aromatic heterocycles. The van der Waals surface area contributed by atoms with Crippen LogP contribution in [0.3, 0.4) is 0 Å². The van der Waals surface area contributed by atoms with Crippen molar-refractivity contribution in [3.05, 3.63) is 54.0 Å². The van der Waals surface area contributed by atoms with Crippen molar-refractivity contribution in [3.8, 4) is 11.3 Å². The summed E-state index contributed by atoms with van der Waals surface area (Å²) < 4.78 is 18.7. The van der Waals surface area contributed by atoms with Gasteiger partial charge in [0.15, 0.2) is 0 Å². The molecule has 0 bridgehead atoms. The smallest absolute Gasteiger partial charge is 0.253 e. The first-order valence-electron chi connectivity index (χ1n) is 9.99. The molecule has 1 N–H and O–H groups in total. The first-order valence-corrected chi connectivity index (χ1v) is 9.99. The maximum Gasteiger partial charge on any atom is 0.253 e. The molecule has 1 aromatic carbocycles. The van der Waals surface area contributed by atoms with Gasteiger partial charge in [0.1, 0.15) is 5.82 Å². The number of hydrogen-bond acceptors (Lipinski definition) is 4. The van der Waals surface area contributed by atoms with Crippen LogP contribution in [0.4, 0.5) is 4.39 Å². The van der Waals surface area contributed by atoms with Crippen LogP contribution in [0.2, 0.25) is 0 Å². The van der Waals surface area contributed by atoms with E-state index in [4.69, 9.17) is 4.74 Å². The maximum absolute atomic E-state index is 13.4. The van der Waals surface area contributed by atoms with Gasteiger partial charge in [0.2, 0.25) is 5.91 Å². The highest BCUT2D eigenvalue weighted by molar-refractivity contribution is 5.94. The number of halogens is 1. The minimum absolute atomic E-state index is 0.0135. The predicted molar refractivity (Wildman–Crippen MR) is 106 cm³/mol. The van der Waals surface area contributed by atoms with Crippen LogP contribution in [0.25, 0.3) is 11.3 Å². The van der Waals surface area contributed by atoms with E-state index in [2.05, 4.69) is 10.3 Å². The molecule has 0 unspecified atom stereocenters. The van der Waals surface area contributed by atoms with Crippen LogP contribution in [0, 0.1) is 11.7 Å². The molecule has 1 aliphatic heterocycles. The minimum Gasteiger partial charge on any atom is -0.378 e. The quantitative estimate of drug-likeness (QED) is 0.861. The van der Waals surface area contributed by atoms with Crippen molar-refractivity contribution in [1.82, 2.24) is 15.2 Å². The first-order chi connectivity index (χ1) is 14.1. The summed E-state index contributed by atoms with van der Waals surface area (Å²) >= 11 is 0. The third kappa shape index (κ3) is 4.62. The van der Waals surface area contributed by atoms with Gasteiger partial charge in [0, 0.05) is 36.8 Å². The highest BCUT2D eigenvalue weighted by atomic mass is 19.1. The van der Waals surface area contributed by atoms with E-state index >= 15 is 0 Å². The Labute approximate surface area is 169 Å². The number of carbonyl (C=O) groups is 2. The zero-order valence-corrected chi connectivity index (χ0v) is 16.1. The van der Waals surface area contributed by atoms with E-state index in [1.807, 2.05) is 4.90 Å². The topological polar surface area (TPSA) is 71.5 Å². The lowest BCUT2D eigenvalue weighted by Gasteiger charge is -2.29. The Hall–Kier alpha value is -2.80. The molecule has 6 nitrogen and oxygen atoms in total. The third-order valence-corrected chi connectivity index (χ3v) is 5.59. The number of ether oxygens (including phenoxy) is 1. The average molecular weight is 397 g/mol. The fourth-order valence-corrected chi connectivity index (χ4v) is 3.99. The fraction of sp³-hybridized carbons (Fsp3) is 0.409. The lowest BCUT2D eigenvalue weighted by Crippen LogP contribution is -2.43.